The molecule has 196 valence electrons. The van der Waals surface area contributed by atoms with E-state index in [0.717, 1.165) is 90.1 Å². The molecule has 0 aliphatic rings. The minimum Gasteiger partial charge on any atom is -0.342 e. The molecule has 40 heavy (non-hydrogen) atoms. The summed E-state index contributed by atoms with van der Waals surface area (Å²) in [7, 11) is 0. The molecule has 0 spiro atoms. The molecule has 0 saturated heterocycles. The van der Waals surface area contributed by atoms with Crippen LogP contribution in [0.15, 0.2) is 60.8 Å². The highest BCUT2D eigenvalue weighted by molar-refractivity contribution is 5.93. The highest BCUT2D eigenvalue weighted by Gasteiger charge is 2.11. The molecule has 0 aliphatic carbocycles. The number of hydrogen-bond acceptors (Lipinski definition) is 6. The van der Waals surface area contributed by atoms with Crippen molar-refractivity contribution in [2.24, 2.45) is 0 Å². The van der Waals surface area contributed by atoms with Crippen molar-refractivity contribution in [1.82, 2.24) is 49.8 Å². The van der Waals surface area contributed by atoms with Gasteiger partial charge in [0.2, 0.25) is 0 Å². The number of hydrogen-bond donors (Lipinski definition) is 4. The highest BCUT2D eigenvalue weighted by Crippen LogP contribution is 2.24. The third-order valence-electron chi connectivity index (χ3n) is 6.69. The quantitative estimate of drug-likeness (QED) is 0.210. The zero-order valence-corrected chi connectivity index (χ0v) is 22.5. The lowest BCUT2D eigenvalue weighted by Gasteiger charge is -1.96. The van der Waals surface area contributed by atoms with Crippen molar-refractivity contribution in [2.75, 3.05) is 0 Å². The molecular formula is C30H26N10. The Bertz CT molecular complexity index is 2060. The van der Waals surface area contributed by atoms with Crippen molar-refractivity contribution in [3.05, 3.63) is 83.7 Å². The van der Waals surface area contributed by atoms with E-state index in [1.807, 2.05) is 88.5 Å². The van der Waals surface area contributed by atoms with Gasteiger partial charge in [-0.15, -0.1) is 0 Å². The summed E-state index contributed by atoms with van der Waals surface area (Å²) >= 11 is 0. The van der Waals surface area contributed by atoms with E-state index in [9.17, 15) is 0 Å². The molecule has 0 fully saturated rings. The fourth-order valence-corrected chi connectivity index (χ4v) is 4.81. The fraction of sp³-hybridized carbons (Fsp3) is 0.133. The number of fused-ring (bicyclic) bond motifs is 4. The maximum Gasteiger partial charge on any atom is 0.157 e. The summed E-state index contributed by atoms with van der Waals surface area (Å²) in [6.07, 6.45) is 1.84. The van der Waals surface area contributed by atoms with Crippen LogP contribution >= 0.6 is 0 Å². The summed E-state index contributed by atoms with van der Waals surface area (Å²) in [6.45, 7) is 7.89. The summed E-state index contributed by atoms with van der Waals surface area (Å²) in [5.74, 6) is 3.39. The third-order valence-corrected chi connectivity index (χ3v) is 6.69. The van der Waals surface area contributed by atoms with Crippen LogP contribution in [0.1, 0.15) is 22.9 Å². The van der Waals surface area contributed by atoms with Gasteiger partial charge in [0.05, 0.1) is 44.1 Å². The topological polar surface area (TPSA) is 140 Å². The van der Waals surface area contributed by atoms with Gasteiger partial charge in [-0.25, -0.2) is 24.9 Å². The van der Waals surface area contributed by atoms with Gasteiger partial charge in [0.25, 0.3) is 0 Å². The van der Waals surface area contributed by atoms with Gasteiger partial charge in [0, 0.05) is 11.9 Å². The van der Waals surface area contributed by atoms with E-state index in [1.165, 1.54) is 0 Å². The number of aryl methyl sites for hydroxylation is 4. The third kappa shape index (κ3) is 4.35. The molecule has 6 heterocycles. The number of rotatable bonds is 2. The molecule has 10 nitrogen and oxygen atoms in total. The largest absolute Gasteiger partial charge is 0.342 e. The second kappa shape index (κ2) is 9.12. The van der Waals surface area contributed by atoms with Gasteiger partial charge in [-0.1, -0.05) is 12.1 Å². The summed E-state index contributed by atoms with van der Waals surface area (Å²) < 4.78 is 0. The fourth-order valence-electron chi connectivity index (χ4n) is 4.81. The molecule has 0 radical (unpaired) electrons. The van der Waals surface area contributed by atoms with Crippen LogP contribution in [0.25, 0.3) is 67.2 Å². The molecular weight excluding hydrogens is 500 g/mol. The van der Waals surface area contributed by atoms with E-state index in [2.05, 4.69) is 49.8 Å². The van der Waals surface area contributed by atoms with Crippen molar-refractivity contribution in [3.63, 3.8) is 0 Å². The Morgan fingerprint density at radius 3 is 1.60 bits per heavy atom. The van der Waals surface area contributed by atoms with E-state index in [4.69, 9.17) is 0 Å². The van der Waals surface area contributed by atoms with Crippen molar-refractivity contribution in [2.45, 2.75) is 27.7 Å². The molecule has 0 bridgehead atoms. The number of benzene rings is 2. The normalized spacial score (nSPS) is 11.5. The molecule has 0 unspecified atom stereocenters. The number of aromatic amines is 4. The maximum absolute atomic E-state index is 4.61. The molecule has 0 saturated carbocycles. The first-order valence-corrected chi connectivity index (χ1v) is 13.0. The molecule has 2 aromatic carbocycles. The minimum atomic E-state index is 0.782. The molecule has 4 N–H and O–H groups in total. The van der Waals surface area contributed by atoms with E-state index in [-0.39, 0.29) is 0 Å². The van der Waals surface area contributed by atoms with Crippen LogP contribution < -0.4 is 0 Å². The summed E-state index contributed by atoms with van der Waals surface area (Å²) in [4.78, 5) is 40.1. The predicted octanol–water partition coefficient (Wildman–Crippen LogP) is 6.24. The van der Waals surface area contributed by atoms with E-state index in [0.29, 0.717) is 0 Å². The molecule has 0 amide bonds. The van der Waals surface area contributed by atoms with Gasteiger partial charge < -0.3 is 19.9 Å². The number of nitrogens with zero attached hydrogens (tertiary/aromatic N) is 6. The maximum atomic E-state index is 4.61. The van der Waals surface area contributed by atoms with Crippen LogP contribution in [-0.2, 0) is 0 Å². The number of H-pyrrole nitrogens is 4. The Labute approximate surface area is 228 Å². The molecule has 0 atom stereocenters. The Kier molecular flexibility index (Phi) is 5.41. The van der Waals surface area contributed by atoms with E-state index in [1.54, 1.807) is 0 Å². The van der Waals surface area contributed by atoms with Gasteiger partial charge in [-0.3, -0.25) is 4.98 Å². The molecule has 10 heteroatoms. The van der Waals surface area contributed by atoms with Crippen LogP contribution in [-0.4, -0.2) is 49.8 Å². The molecule has 8 aromatic rings. The SMILES string of the molecule is Cc1ccc(-c2nc3cc4nc(C)[nH]c4cc3[nH]2)nc1.Cc1cccc(-c2nc3cc4nc(C)[nH]c4cc3[nH]2)n1. The number of nitrogens with one attached hydrogen (secondary N) is 4. The summed E-state index contributed by atoms with van der Waals surface area (Å²) in [6, 6.07) is 18.0. The second-order valence-electron chi connectivity index (χ2n) is 9.97. The lowest BCUT2D eigenvalue weighted by molar-refractivity contribution is 1.16. The molecule has 8 rings (SSSR count). The van der Waals surface area contributed by atoms with Crippen molar-refractivity contribution >= 4 is 44.1 Å². The Hall–Kier alpha value is -5.38. The zero-order chi connectivity index (χ0) is 27.4. The number of aromatic nitrogens is 10. The Morgan fingerprint density at radius 1 is 0.500 bits per heavy atom. The van der Waals surface area contributed by atoms with E-state index >= 15 is 0 Å². The van der Waals surface area contributed by atoms with Crippen molar-refractivity contribution in [1.29, 1.82) is 0 Å². The summed E-state index contributed by atoms with van der Waals surface area (Å²) in [5, 5.41) is 0. The lowest BCUT2D eigenvalue weighted by Crippen LogP contribution is -1.87. The van der Waals surface area contributed by atoms with Crippen LogP contribution in [0, 0.1) is 27.7 Å². The number of pyridine rings is 2. The smallest absolute Gasteiger partial charge is 0.157 e. The predicted molar refractivity (Wildman–Crippen MR) is 157 cm³/mol. The first-order chi connectivity index (χ1) is 19.4. The van der Waals surface area contributed by atoms with Gasteiger partial charge in [-0.05, 0) is 75.7 Å². The Balaban J connectivity index is 0.000000132. The van der Waals surface area contributed by atoms with Gasteiger partial charge in [0.15, 0.2) is 11.6 Å². The average molecular weight is 527 g/mol. The molecule has 0 aliphatic heterocycles. The van der Waals surface area contributed by atoms with Crippen molar-refractivity contribution in [3.8, 4) is 23.0 Å². The first-order valence-electron chi connectivity index (χ1n) is 13.0. The standard InChI is InChI=1S/2C15H13N5/c1-8-3-4-10(16-7-8)15-19-13-5-11-12(6-14(13)20-15)18-9(2)17-11;1-8-4-3-5-10(16-8)15-19-13-6-11-12(7-14(13)20-15)18-9(2)17-11/h2*3-7H,1-2H3,(H,17,18)(H,19,20). The number of imidazole rings is 4. The first kappa shape index (κ1) is 23.7. The van der Waals surface area contributed by atoms with Crippen LogP contribution in [0.5, 0.6) is 0 Å². The summed E-state index contributed by atoms with van der Waals surface area (Å²) in [5.41, 5.74) is 11.5. The van der Waals surface area contributed by atoms with Crippen LogP contribution in [0.2, 0.25) is 0 Å². The highest BCUT2D eigenvalue weighted by atomic mass is 15.0. The lowest BCUT2D eigenvalue weighted by atomic mass is 10.3. The second-order valence-corrected chi connectivity index (χ2v) is 9.97. The average Bonchev–Trinajstić information content (AvgIpc) is 3.69. The van der Waals surface area contributed by atoms with Gasteiger partial charge >= 0.3 is 0 Å². The molecule has 6 aromatic heterocycles. The zero-order valence-electron chi connectivity index (χ0n) is 22.5. The van der Waals surface area contributed by atoms with Gasteiger partial charge in [-0.2, -0.15) is 0 Å². The minimum absolute atomic E-state index is 0.782. The van der Waals surface area contributed by atoms with Crippen LogP contribution in [0.4, 0.5) is 0 Å². The Morgan fingerprint density at radius 2 is 1.05 bits per heavy atom. The van der Waals surface area contributed by atoms with E-state index < -0.39 is 0 Å². The monoisotopic (exact) mass is 526 g/mol. The van der Waals surface area contributed by atoms with Gasteiger partial charge in [0.1, 0.15) is 23.0 Å². The van der Waals surface area contributed by atoms with Crippen molar-refractivity contribution < 1.29 is 0 Å². The van der Waals surface area contributed by atoms with Crippen LogP contribution in [0.3, 0.4) is 0 Å².